The summed E-state index contributed by atoms with van der Waals surface area (Å²) in [6.45, 7) is 17.2. The second kappa shape index (κ2) is 13.3. The first-order valence-electron chi connectivity index (χ1n) is 16.3. The van der Waals surface area contributed by atoms with E-state index in [9.17, 15) is 18.4 Å². The molecule has 4 heterocycles. The van der Waals surface area contributed by atoms with E-state index in [2.05, 4.69) is 30.5 Å². The Morgan fingerprint density at radius 3 is 1.48 bits per heavy atom. The highest BCUT2D eigenvalue weighted by molar-refractivity contribution is 9.10. The SMILES string of the molecule is CC(C)(Br)C(=O)N1CCn2cc(-c3ccc(F)cc3)nc2C1(C)C.CC(C)(N=[N+]=[N-])C(=O)N1CCn2cc(-c3ccc(F)cc3)nc2C1(C)C. The number of azide groups is 1. The zero-order valence-corrected chi connectivity index (χ0v) is 31.2. The molecule has 2 aliphatic rings. The van der Waals surface area contributed by atoms with Crippen molar-refractivity contribution < 1.29 is 18.4 Å². The van der Waals surface area contributed by atoms with E-state index in [-0.39, 0.29) is 23.4 Å². The van der Waals surface area contributed by atoms with Gasteiger partial charge in [-0.1, -0.05) is 21.0 Å². The van der Waals surface area contributed by atoms with Gasteiger partial charge in [-0.2, -0.15) is 0 Å². The first-order valence-corrected chi connectivity index (χ1v) is 17.1. The van der Waals surface area contributed by atoms with Crippen molar-refractivity contribution in [3.8, 4) is 22.5 Å². The van der Waals surface area contributed by atoms with E-state index < -0.39 is 20.9 Å². The van der Waals surface area contributed by atoms with E-state index in [1.54, 1.807) is 43.0 Å². The van der Waals surface area contributed by atoms with Crippen molar-refractivity contribution >= 4 is 27.7 Å². The highest BCUT2D eigenvalue weighted by atomic mass is 79.9. The lowest BCUT2D eigenvalue weighted by Crippen LogP contribution is -2.56. The zero-order chi connectivity index (χ0) is 36.8. The third kappa shape index (κ3) is 7.04. The lowest BCUT2D eigenvalue weighted by atomic mass is 9.94. The van der Waals surface area contributed by atoms with Gasteiger partial charge < -0.3 is 18.9 Å². The van der Waals surface area contributed by atoms with Crippen molar-refractivity contribution in [3.63, 3.8) is 0 Å². The van der Waals surface area contributed by atoms with Gasteiger partial charge in [0.1, 0.15) is 28.8 Å². The third-order valence-corrected chi connectivity index (χ3v) is 9.56. The largest absolute Gasteiger partial charge is 0.331 e. The first-order chi connectivity index (χ1) is 23.3. The molecule has 11 nitrogen and oxygen atoms in total. The summed E-state index contributed by atoms with van der Waals surface area (Å²) >= 11 is 3.47. The molecule has 0 spiro atoms. The Morgan fingerprint density at radius 1 is 0.740 bits per heavy atom. The lowest BCUT2D eigenvalue weighted by molar-refractivity contribution is -0.143. The second-order valence-electron chi connectivity index (χ2n) is 14.6. The van der Waals surface area contributed by atoms with Gasteiger partial charge in [0.05, 0.1) is 26.8 Å². The van der Waals surface area contributed by atoms with Crippen molar-refractivity contribution in [2.45, 2.75) is 89.4 Å². The average molecular weight is 751 g/mol. The van der Waals surface area contributed by atoms with E-state index in [1.165, 1.54) is 24.3 Å². The Balaban J connectivity index is 0.000000195. The highest BCUT2D eigenvalue weighted by Gasteiger charge is 2.45. The Labute approximate surface area is 299 Å². The summed E-state index contributed by atoms with van der Waals surface area (Å²) in [5, 5.41) is 3.64. The number of alkyl halides is 1. The van der Waals surface area contributed by atoms with Crippen LogP contribution in [0.15, 0.2) is 66.0 Å². The molecular formula is C36H42BrF2N9O2. The van der Waals surface area contributed by atoms with Crippen molar-refractivity contribution in [2.24, 2.45) is 5.11 Å². The average Bonchev–Trinajstić information content (AvgIpc) is 3.68. The summed E-state index contributed by atoms with van der Waals surface area (Å²) in [5.41, 5.74) is 9.59. The first kappa shape index (κ1) is 36.7. The van der Waals surface area contributed by atoms with Gasteiger partial charge in [-0.15, -0.1) is 0 Å². The molecule has 4 aromatic rings. The summed E-state index contributed by atoms with van der Waals surface area (Å²) in [4.78, 5) is 41.5. The Morgan fingerprint density at radius 2 is 1.12 bits per heavy atom. The fourth-order valence-electron chi connectivity index (χ4n) is 6.40. The van der Waals surface area contributed by atoms with Gasteiger partial charge in [0.2, 0.25) is 11.8 Å². The van der Waals surface area contributed by atoms with E-state index in [0.29, 0.717) is 26.2 Å². The van der Waals surface area contributed by atoms with Crippen molar-refractivity contribution in [2.75, 3.05) is 13.1 Å². The molecule has 0 saturated carbocycles. The van der Waals surface area contributed by atoms with Crippen LogP contribution in [0, 0.1) is 11.6 Å². The molecule has 6 rings (SSSR count). The number of benzene rings is 2. The van der Waals surface area contributed by atoms with Crippen molar-refractivity contribution in [3.05, 3.63) is 94.7 Å². The van der Waals surface area contributed by atoms with E-state index in [4.69, 9.17) is 15.5 Å². The minimum atomic E-state index is -1.17. The van der Waals surface area contributed by atoms with Gasteiger partial charge in [0, 0.05) is 54.6 Å². The maximum Gasteiger partial charge on any atom is 0.239 e. The molecule has 0 radical (unpaired) electrons. The monoisotopic (exact) mass is 749 g/mol. The van der Waals surface area contributed by atoms with Crippen molar-refractivity contribution in [1.82, 2.24) is 28.9 Å². The minimum Gasteiger partial charge on any atom is -0.331 e. The van der Waals surface area contributed by atoms with E-state index in [1.807, 2.05) is 63.4 Å². The molecule has 2 aliphatic heterocycles. The van der Waals surface area contributed by atoms with Crippen LogP contribution in [0.25, 0.3) is 33.0 Å². The van der Waals surface area contributed by atoms with Crippen LogP contribution in [0.1, 0.15) is 67.0 Å². The van der Waals surface area contributed by atoms with Crippen LogP contribution < -0.4 is 0 Å². The van der Waals surface area contributed by atoms with Gasteiger partial charge in [-0.3, -0.25) is 9.59 Å². The van der Waals surface area contributed by atoms with Crippen molar-refractivity contribution in [1.29, 1.82) is 0 Å². The van der Waals surface area contributed by atoms with Crippen LogP contribution in [-0.4, -0.2) is 63.7 Å². The molecule has 0 atom stereocenters. The number of rotatable bonds is 5. The van der Waals surface area contributed by atoms with Gasteiger partial charge >= 0.3 is 0 Å². The number of carbonyl (C=O) groups is 2. The Kier molecular flexibility index (Phi) is 9.76. The number of amides is 2. The summed E-state index contributed by atoms with van der Waals surface area (Å²) < 4.78 is 29.8. The number of carbonyl (C=O) groups excluding carboxylic acids is 2. The van der Waals surface area contributed by atoms with Crippen LogP contribution in [-0.2, 0) is 33.8 Å². The number of aromatic nitrogens is 4. The van der Waals surface area contributed by atoms with Crippen LogP contribution in [0.5, 0.6) is 0 Å². The number of hydrogen-bond donors (Lipinski definition) is 0. The molecule has 2 amide bonds. The summed E-state index contributed by atoms with van der Waals surface area (Å²) in [7, 11) is 0. The molecule has 264 valence electrons. The second-order valence-corrected chi connectivity index (χ2v) is 16.5. The van der Waals surface area contributed by atoms with E-state index >= 15 is 0 Å². The molecule has 0 unspecified atom stereocenters. The summed E-state index contributed by atoms with van der Waals surface area (Å²) in [6.07, 6.45) is 3.90. The highest BCUT2D eigenvalue weighted by Crippen LogP contribution is 2.37. The number of hydrogen-bond acceptors (Lipinski definition) is 5. The molecular weight excluding hydrogens is 708 g/mol. The number of halogens is 3. The summed E-state index contributed by atoms with van der Waals surface area (Å²) in [6, 6.07) is 12.5. The predicted octanol–water partition coefficient (Wildman–Crippen LogP) is 7.80. The van der Waals surface area contributed by atoms with Gasteiger partial charge in [0.25, 0.3) is 0 Å². The van der Waals surface area contributed by atoms with Crippen LogP contribution in [0.4, 0.5) is 8.78 Å². The van der Waals surface area contributed by atoms with Crippen LogP contribution in [0.2, 0.25) is 0 Å². The van der Waals surface area contributed by atoms with Gasteiger partial charge in [-0.25, -0.2) is 18.7 Å². The van der Waals surface area contributed by atoms with Gasteiger partial charge in [0.15, 0.2) is 0 Å². The zero-order valence-electron chi connectivity index (χ0n) is 29.6. The van der Waals surface area contributed by atoms with Gasteiger partial charge in [-0.05, 0) is 109 Å². The Bertz CT molecular complexity index is 1950. The number of imidazole rings is 2. The molecule has 0 N–H and O–H groups in total. The minimum absolute atomic E-state index is 0.0464. The maximum atomic E-state index is 13.2. The molecule has 0 fully saturated rings. The topological polar surface area (TPSA) is 125 Å². The molecule has 2 aromatic carbocycles. The fraction of sp³-hybridized carbons (Fsp3) is 0.444. The molecule has 50 heavy (non-hydrogen) atoms. The Hall–Kier alpha value is -4.55. The van der Waals surface area contributed by atoms with Crippen LogP contribution in [0.3, 0.4) is 0 Å². The standard InChI is InChI=1S/C18H21BrFN3O.C18H21FN6O/c1-17(2,19)16(24)23-10-9-22-11-14(21-15(22)18(23,3)4)12-5-7-13(20)8-6-12;1-17(2,22-23-20)16(26)25-10-9-24-11-14(21-15(24)18(25,3)4)12-5-7-13(19)8-6-12/h5-8,11H,9-10H2,1-4H3;5-8,11H,9-10H2,1-4H3. The normalized spacial score (nSPS) is 16.4. The number of nitrogens with zero attached hydrogens (tertiary/aromatic N) is 9. The molecule has 0 saturated heterocycles. The smallest absolute Gasteiger partial charge is 0.239 e. The maximum absolute atomic E-state index is 13.2. The molecule has 0 aliphatic carbocycles. The van der Waals surface area contributed by atoms with E-state index in [0.717, 1.165) is 34.2 Å². The molecule has 0 bridgehead atoms. The number of fused-ring (bicyclic) bond motifs is 2. The third-order valence-electron chi connectivity index (χ3n) is 9.22. The predicted molar refractivity (Wildman–Crippen MR) is 191 cm³/mol. The quantitative estimate of drug-likeness (QED) is 0.0894. The fourth-order valence-corrected chi connectivity index (χ4v) is 6.62. The molecule has 14 heteroatoms. The summed E-state index contributed by atoms with van der Waals surface area (Å²) in [5.74, 6) is 0.837. The lowest BCUT2D eigenvalue weighted by Gasteiger charge is -2.44. The van der Waals surface area contributed by atoms with Crippen LogP contribution >= 0.6 is 15.9 Å². The molecule has 2 aromatic heterocycles.